The maximum Gasteiger partial charge on any atom is 0.410 e. The molecule has 0 bridgehead atoms. The van der Waals surface area contributed by atoms with Crippen LogP contribution in [0.5, 0.6) is 0 Å². The van der Waals surface area contributed by atoms with Gasteiger partial charge in [0.1, 0.15) is 5.60 Å². The highest BCUT2D eigenvalue weighted by molar-refractivity contribution is 5.94. The van der Waals surface area contributed by atoms with Gasteiger partial charge in [-0.3, -0.25) is 4.79 Å². The lowest BCUT2D eigenvalue weighted by molar-refractivity contribution is 0.0160. The van der Waals surface area contributed by atoms with E-state index in [1.54, 1.807) is 11.8 Å². The van der Waals surface area contributed by atoms with Crippen LogP contribution in [-0.2, 0) is 11.2 Å². The second-order valence-electron chi connectivity index (χ2n) is 6.57. The smallest absolute Gasteiger partial charge is 0.410 e. The molecule has 0 spiro atoms. The van der Waals surface area contributed by atoms with Gasteiger partial charge in [-0.25, -0.2) is 4.79 Å². The van der Waals surface area contributed by atoms with E-state index in [9.17, 15) is 9.59 Å². The lowest BCUT2D eigenvalue weighted by atomic mass is 9.91. The number of ketones is 1. The molecule has 1 aromatic rings. The molecular formula is C17H23NO3. The summed E-state index contributed by atoms with van der Waals surface area (Å²) in [6.07, 6.45) is 0.491. The SMILES string of the molecule is CC(=O)c1ccc2c(c1)C(C)N(C(=O)OC(C)(C)C)CC2. The van der Waals surface area contributed by atoms with E-state index < -0.39 is 5.60 Å². The Morgan fingerprint density at radius 2 is 1.95 bits per heavy atom. The zero-order valence-corrected chi connectivity index (χ0v) is 13.4. The fourth-order valence-electron chi connectivity index (χ4n) is 2.60. The van der Waals surface area contributed by atoms with Crippen LogP contribution in [0.4, 0.5) is 4.79 Å². The first-order valence-electron chi connectivity index (χ1n) is 7.32. The van der Waals surface area contributed by atoms with E-state index in [2.05, 4.69) is 0 Å². The van der Waals surface area contributed by atoms with E-state index in [1.165, 1.54) is 5.56 Å². The Labute approximate surface area is 126 Å². The molecular weight excluding hydrogens is 266 g/mol. The number of rotatable bonds is 1. The highest BCUT2D eigenvalue weighted by Gasteiger charge is 2.31. The van der Waals surface area contributed by atoms with Crippen LogP contribution < -0.4 is 0 Å². The van der Waals surface area contributed by atoms with Crippen LogP contribution in [0.15, 0.2) is 18.2 Å². The van der Waals surface area contributed by atoms with E-state index in [4.69, 9.17) is 4.74 Å². The number of ether oxygens (including phenoxy) is 1. The largest absolute Gasteiger partial charge is 0.444 e. The van der Waals surface area contributed by atoms with Crippen molar-refractivity contribution >= 4 is 11.9 Å². The quantitative estimate of drug-likeness (QED) is 0.740. The van der Waals surface area contributed by atoms with Gasteiger partial charge in [0, 0.05) is 12.1 Å². The number of nitrogens with zero attached hydrogens (tertiary/aromatic N) is 1. The van der Waals surface area contributed by atoms with Crippen LogP contribution in [0.1, 0.15) is 62.1 Å². The van der Waals surface area contributed by atoms with E-state index >= 15 is 0 Å². The minimum absolute atomic E-state index is 0.0411. The van der Waals surface area contributed by atoms with Gasteiger partial charge in [-0.05, 0) is 58.2 Å². The summed E-state index contributed by atoms with van der Waals surface area (Å²) in [4.78, 5) is 25.6. The van der Waals surface area contributed by atoms with Crippen molar-refractivity contribution in [1.82, 2.24) is 4.90 Å². The van der Waals surface area contributed by atoms with E-state index in [0.717, 1.165) is 12.0 Å². The molecule has 0 radical (unpaired) electrons. The van der Waals surface area contributed by atoms with Crippen molar-refractivity contribution in [1.29, 1.82) is 0 Å². The minimum atomic E-state index is -0.502. The van der Waals surface area contributed by atoms with Gasteiger partial charge in [0.2, 0.25) is 0 Å². The third kappa shape index (κ3) is 3.43. The van der Waals surface area contributed by atoms with Crippen molar-refractivity contribution in [3.63, 3.8) is 0 Å². The number of hydrogen-bond donors (Lipinski definition) is 0. The van der Waals surface area contributed by atoms with Crippen LogP contribution in [0.25, 0.3) is 0 Å². The predicted octanol–water partition coefficient (Wildman–Crippen LogP) is 3.74. The molecule has 1 aliphatic rings. The minimum Gasteiger partial charge on any atom is -0.444 e. The summed E-state index contributed by atoms with van der Waals surface area (Å²) in [5.74, 6) is 0.0411. The molecule has 1 aliphatic heterocycles. The number of carbonyl (C=O) groups is 2. The molecule has 1 heterocycles. The van der Waals surface area contributed by atoms with Crippen molar-refractivity contribution < 1.29 is 14.3 Å². The summed E-state index contributed by atoms with van der Waals surface area (Å²) in [6, 6.07) is 5.67. The van der Waals surface area contributed by atoms with Crippen molar-refractivity contribution in [2.45, 2.75) is 52.7 Å². The molecule has 1 aromatic carbocycles. The summed E-state index contributed by atoms with van der Waals surface area (Å²) < 4.78 is 5.46. The number of amides is 1. The molecule has 1 unspecified atom stereocenters. The molecule has 21 heavy (non-hydrogen) atoms. The Balaban J connectivity index is 2.26. The van der Waals surface area contributed by atoms with Crippen LogP contribution in [-0.4, -0.2) is 28.9 Å². The standard InChI is InChI=1S/C17H23NO3/c1-11-15-10-14(12(2)19)7-6-13(15)8-9-18(11)16(20)21-17(3,4)5/h6-7,10-11H,8-9H2,1-5H3. The topological polar surface area (TPSA) is 46.6 Å². The molecule has 1 amide bonds. The molecule has 114 valence electrons. The molecule has 1 atom stereocenters. The zero-order valence-electron chi connectivity index (χ0n) is 13.4. The Morgan fingerprint density at radius 3 is 2.52 bits per heavy atom. The Kier molecular flexibility index (Phi) is 4.08. The van der Waals surface area contributed by atoms with Gasteiger partial charge in [-0.15, -0.1) is 0 Å². The summed E-state index contributed by atoms with van der Waals surface area (Å²) >= 11 is 0. The van der Waals surface area contributed by atoms with Gasteiger partial charge >= 0.3 is 6.09 Å². The average molecular weight is 289 g/mol. The number of fused-ring (bicyclic) bond motifs is 1. The summed E-state index contributed by atoms with van der Waals surface area (Å²) in [5.41, 5.74) is 2.43. The molecule has 0 aliphatic carbocycles. The van der Waals surface area contributed by atoms with Crippen molar-refractivity contribution in [2.24, 2.45) is 0 Å². The maximum absolute atomic E-state index is 12.3. The molecule has 4 heteroatoms. The lowest BCUT2D eigenvalue weighted by Gasteiger charge is -2.36. The first-order valence-corrected chi connectivity index (χ1v) is 7.32. The maximum atomic E-state index is 12.3. The highest BCUT2D eigenvalue weighted by Crippen LogP contribution is 2.31. The number of hydrogen-bond acceptors (Lipinski definition) is 3. The van der Waals surface area contributed by atoms with Gasteiger partial charge in [-0.2, -0.15) is 0 Å². The molecule has 2 rings (SSSR count). The first kappa shape index (κ1) is 15.5. The Morgan fingerprint density at radius 1 is 1.29 bits per heavy atom. The van der Waals surface area contributed by atoms with Gasteiger partial charge in [-0.1, -0.05) is 12.1 Å². The third-order valence-corrected chi connectivity index (χ3v) is 3.72. The van der Waals surface area contributed by atoms with Crippen molar-refractivity contribution in [3.8, 4) is 0 Å². The van der Waals surface area contributed by atoms with Crippen molar-refractivity contribution in [3.05, 3.63) is 34.9 Å². The third-order valence-electron chi connectivity index (χ3n) is 3.72. The first-order chi connectivity index (χ1) is 9.69. The Bertz CT molecular complexity index is 572. The lowest BCUT2D eigenvalue weighted by Crippen LogP contribution is -2.42. The number of benzene rings is 1. The monoisotopic (exact) mass is 289 g/mol. The van der Waals surface area contributed by atoms with E-state index in [1.807, 2.05) is 45.9 Å². The van der Waals surface area contributed by atoms with Crippen molar-refractivity contribution in [2.75, 3.05) is 6.54 Å². The summed E-state index contributed by atoms with van der Waals surface area (Å²) in [6.45, 7) is 9.76. The van der Waals surface area contributed by atoms with Crippen LogP contribution in [0.2, 0.25) is 0 Å². The molecule has 0 saturated carbocycles. The number of carbonyl (C=O) groups excluding carboxylic acids is 2. The van der Waals surface area contributed by atoms with Gasteiger partial charge in [0.05, 0.1) is 6.04 Å². The van der Waals surface area contributed by atoms with Gasteiger partial charge in [0.25, 0.3) is 0 Å². The van der Waals surface area contributed by atoms with Gasteiger partial charge < -0.3 is 9.64 Å². The molecule has 0 aromatic heterocycles. The highest BCUT2D eigenvalue weighted by atomic mass is 16.6. The second-order valence-corrected chi connectivity index (χ2v) is 6.57. The van der Waals surface area contributed by atoms with E-state index in [0.29, 0.717) is 12.1 Å². The number of Topliss-reactive ketones (excluding diaryl/α,β-unsaturated/α-hetero) is 1. The fourth-order valence-corrected chi connectivity index (χ4v) is 2.60. The molecule has 4 nitrogen and oxygen atoms in total. The molecule has 0 saturated heterocycles. The molecule has 0 N–H and O–H groups in total. The molecule has 0 fully saturated rings. The summed E-state index contributed by atoms with van der Waals surface area (Å²) in [7, 11) is 0. The predicted molar refractivity (Wildman–Crippen MR) is 81.5 cm³/mol. The van der Waals surface area contributed by atoms with Crippen LogP contribution in [0, 0.1) is 0 Å². The zero-order chi connectivity index (χ0) is 15.8. The van der Waals surface area contributed by atoms with E-state index in [-0.39, 0.29) is 17.9 Å². The van der Waals surface area contributed by atoms with Crippen LogP contribution in [0.3, 0.4) is 0 Å². The normalized spacial score (nSPS) is 18.1. The average Bonchev–Trinajstić information content (AvgIpc) is 2.36. The Hall–Kier alpha value is -1.84. The second kappa shape index (κ2) is 5.51. The van der Waals surface area contributed by atoms with Crippen LogP contribution >= 0.6 is 0 Å². The fraction of sp³-hybridized carbons (Fsp3) is 0.529. The summed E-state index contributed by atoms with van der Waals surface area (Å²) in [5, 5.41) is 0. The van der Waals surface area contributed by atoms with Gasteiger partial charge in [0.15, 0.2) is 5.78 Å².